The third-order valence-electron chi connectivity index (χ3n) is 2.00. The highest BCUT2D eigenvalue weighted by atomic mass is 19.4. The zero-order valence-electron chi connectivity index (χ0n) is 9.82. The van der Waals surface area contributed by atoms with Crippen molar-refractivity contribution in [2.24, 2.45) is 5.73 Å². The zero-order chi connectivity index (χ0) is 15.3. The number of benzene rings is 1. The first kappa shape index (κ1) is 15.3. The van der Waals surface area contributed by atoms with Crippen molar-refractivity contribution in [1.29, 1.82) is 5.26 Å². The van der Waals surface area contributed by atoms with E-state index >= 15 is 0 Å². The predicted octanol–water partition coefficient (Wildman–Crippen LogP) is 1.54. The molecule has 0 aliphatic rings. The number of nitrogens with zero attached hydrogens (tertiary/aromatic N) is 1. The number of alkyl halides is 3. The Bertz CT molecular complexity index is 579. The monoisotopic (exact) mass is 287 g/mol. The number of rotatable bonds is 4. The van der Waals surface area contributed by atoms with Gasteiger partial charge in [-0.15, -0.1) is 13.2 Å². The summed E-state index contributed by atoms with van der Waals surface area (Å²) in [6.45, 7) is 0. The van der Waals surface area contributed by atoms with Crippen LogP contribution in [0, 0.1) is 11.3 Å². The van der Waals surface area contributed by atoms with Crippen molar-refractivity contribution >= 4 is 17.5 Å². The Morgan fingerprint density at radius 2 is 2.05 bits per heavy atom. The minimum Gasteiger partial charge on any atom is -0.406 e. The summed E-state index contributed by atoms with van der Waals surface area (Å²) in [6.07, 6.45) is -5.44. The first-order valence-corrected chi connectivity index (χ1v) is 5.09. The van der Waals surface area contributed by atoms with Gasteiger partial charge in [0, 0.05) is 6.07 Å². The van der Waals surface area contributed by atoms with E-state index < -0.39 is 30.3 Å². The van der Waals surface area contributed by atoms with Crippen LogP contribution in [0.3, 0.4) is 0 Å². The van der Waals surface area contributed by atoms with Crippen LogP contribution < -0.4 is 15.8 Å². The van der Waals surface area contributed by atoms with E-state index in [1.165, 1.54) is 0 Å². The molecule has 106 valence electrons. The van der Waals surface area contributed by atoms with E-state index in [0.29, 0.717) is 0 Å². The van der Waals surface area contributed by atoms with Crippen molar-refractivity contribution in [1.82, 2.24) is 0 Å². The summed E-state index contributed by atoms with van der Waals surface area (Å²) in [5, 5.41) is 10.4. The average Bonchev–Trinajstić information content (AvgIpc) is 2.26. The van der Waals surface area contributed by atoms with Gasteiger partial charge < -0.3 is 15.8 Å². The van der Waals surface area contributed by atoms with Crippen LogP contribution in [0.5, 0.6) is 5.75 Å². The minimum absolute atomic E-state index is 0.203. The third kappa shape index (κ3) is 4.49. The molecule has 0 aliphatic heterocycles. The van der Waals surface area contributed by atoms with Gasteiger partial charge >= 0.3 is 6.36 Å². The predicted molar refractivity (Wildman–Crippen MR) is 60.5 cm³/mol. The molecule has 0 saturated heterocycles. The summed E-state index contributed by atoms with van der Waals surface area (Å²) >= 11 is 0. The normalized spacial score (nSPS) is 10.5. The number of carbonyl (C=O) groups excluding carboxylic acids is 2. The van der Waals surface area contributed by atoms with Crippen LogP contribution in [0.25, 0.3) is 0 Å². The van der Waals surface area contributed by atoms with E-state index in [-0.39, 0.29) is 11.3 Å². The standard InChI is InChI=1S/C11H8F3N3O3/c12-11(13,14)20-6-1-2-7(10(16)19)8(5-6)17-9(18)3-4-15/h1-2,5H,3H2,(H2,16,19)(H,17,18). The highest BCUT2D eigenvalue weighted by molar-refractivity contribution is 6.03. The lowest BCUT2D eigenvalue weighted by molar-refractivity contribution is -0.274. The number of nitrogens with one attached hydrogen (secondary N) is 1. The number of carbonyl (C=O) groups is 2. The molecule has 0 fully saturated rings. The Morgan fingerprint density at radius 3 is 2.55 bits per heavy atom. The minimum atomic E-state index is -4.91. The van der Waals surface area contributed by atoms with E-state index in [4.69, 9.17) is 11.0 Å². The quantitative estimate of drug-likeness (QED) is 0.876. The lowest BCUT2D eigenvalue weighted by Gasteiger charge is -2.12. The molecule has 0 saturated carbocycles. The molecule has 0 spiro atoms. The van der Waals surface area contributed by atoms with E-state index in [0.717, 1.165) is 18.2 Å². The molecule has 0 bridgehead atoms. The Labute approximate surface area is 110 Å². The number of hydrogen-bond donors (Lipinski definition) is 2. The molecule has 0 aromatic heterocycles. The van der Waals surface area contributed by atoms with E-state index in [9.17, 15) is 22.8 Å². The molecule has 1 aromatic carbocycles. The maximum atomic E-state index is 12.1. The topological polar surface area (TPSA) is 105 Å². The fraction of sp³-hybridized carbons (Fsp3) is 0.182. The second-order valence-electron chi connectivity index (χ2n) is 3.50. The zero-order valence-corrected chi connectivity index (χ0v) is 9.82. The van der Waals surface area contributed by atoms with Crippen molar-refractivity contribution in [3.05, 3.63) is 23.8 Å². The molecular formula is C11H8F3N3O3. The van der Waals surface area contributed by atoms with Crippen molar-refractivity contribution in [2.45, 2.75) is 12.8 Å². The largest absolute Gasteiger partial charge is 0.573 e. The summed E-state index contributed by atoms with van der Waals surface area (Å²) in [7, 11) is 0. The van der Waals surface area contributed by atoms with Gasteiger partial charge in [0.15, 0.2) is 0 Å². The van der Waals surface area contributed by atoms with Gasteiger partial charge in [-0.1, -0.05) is 0 Å². The summed E-state index contributed by atoms with van der Waals surface area (Å²) < 4.78 is 39.9. The van der Waals surface area contributed by atoms with E-state index in [1.807, 2.05) is 0 Å². The molecule has 9 heteroatoms. The molecule has 1 rings (SSSR count). The number of primary amides is 1. The van der Waals surface area contributed by atoms with Crippen LogP contribution in [0.15, 0.2) is 18.2 Å². The maximum absolute atomic E-state index is 12.1. The summed E-state index contributed by atoms with van der Waals surface area (Å²) in [6, 6.07) is 4.20. The smallest absolute Gasteiger partial charge is 0.406 e. The number of amides is 2. The van der Waals surface area contributed by atoms with Gasteiger partial charge in [0.1, 0.15) is 12.2 Å². The van der Waals surface area contributed by atoms with Gasteiger partial charge in [-0.3, -0.25) is 9.59 Å². The molecule has 0 radical (unpaired) electrons. The van der Waals surface area contributed by atoms with Crippen LogP contribution in [0.4, 0.5) is 18.9 Å². The van der Waals surface area contributed by atoms with Crippen LogP contribution in [-0.4, -0.2) is 18.2 Å². The highest BCUT2D eigenvalue weighted by Crippen LogP contribution is 2.27. The molecule has 1 aromatic rings. The molecule has 20 heavy (non-hydrogen) atoms. The number of nitrogens with two attached hydrogens (primary N) is 1. The lowest BCUT2D eigenvalue weighted by atomic mass is 10.1. The van der Waals surface area contributed by atoms with Crippen molar-refractivity contribution < 1.29 is 27.5 Å². The first-order chi connectivity index (χ1) is 9.23. The van der Waals surface area contributed by atoms with Gasteiger partial charge in [-0.05, 0) is 12.1 Å². The Morgan fingerprint density at radius 1 is 1.40 bits per heavy atom. The second-order valence-corrected chi connectivity index (χ2v) is 3.50. The molecule has 0 aliphatic carbocycles. The fourth-order valence-corrected chi connectivity index (χ4v) is 1.30. The third-order valence-corrected chi connectivity index (χ3v) is 2.00. The molecule has 0 atom stereocenters. The van der Waals surface area contributed by atoms with Crippen molar-refractivity contribution in [2.75, 3.05) is 5.32 Å². The number of anilines is 1. The van der Waals surface area contributed by atoms with Gasteiger partial charge in [-0.25, -0.2) is 0 Å². The molecular weight excluding hydrogens is 279 g/mol. The van der Waals surface area contributed by atoms with Gasteiger partial charge in [-0.2, -0.15) is 5.26 Å². The first-order valence-electron chi connectivity index (χ1n) is 5.09. The molecule has 0 heterocycles. The Hall–Kier alpha value is -2.76. The second kappa shape index (κ2) is 5.92. The average molecular weight is 287 g/mol. The summed E-state index contributed by atoms with van der Waals surface area (Å²) in [5.41, 5.74) is 4.56. The number of hydrogen-bond acceptors (Lipinski definition) is 4. The molecule has 6 nitrogen and oxygen atoms in total. The fourth-order valence-electron chi connectivity index (χ4n) is 1.30. The van der Waals surface area contributed by atoms with Crippen LogP contribution in [0.1, 0.15) is 16.8 Å². The van der Waals surface area contributed by atoms with E-state index in [2.05, 4.69) is 10.1 Å². The van der Waals surface area contributed by atoms with Crippen molar-refractivity contribution in [3.8, 4) is 11.8 Å². The highest BCUT2D eigenvalue weighted by Gasteiger charge is 2.31. The molecule has 3 N–H and O–H groups in total. The number of ether oxygens (including phenoxy) is 1. The lowest BCUT2D eigenvalue weighted by Crippen LogP contribution is -2.20. The van der Waals surface area contributed by atoms with Crippen LogP contribution >= 0.6 is 0 Å². The number of halogens is 3. The molecule has 2 amide bonds. The van der Waals surface area contributed by atoms with Gasteiger partial charge in [0.2, 0.25) is 5.91 Å². The maximum Gasteiger partial charge on any atom is 0.573 e. The summed E-state index contributed by atoms with van der Waals surface area (Å²) in [5.74, 6) is -2.37. The Kier molecular flexibility index (Phi) is 4.53. The number of nitriles is 1. The van der Waals surface area contributed by atoms with Crippen molar-refractivity contribution in [3.63, 3.8) is 0 Å². The Balaban J connectivity index is 3.09. The molecule has 0 unspecified atom stereocenters. The van der Waals surface area contributed by atoms with Crippen LogP contribution in [0.2, 0.25) is 0 Å². The SMILES string of the molecule is N#CCC(=O)Nc1cc(OC(F)(F)F)ccc1C(N)=O. The summed E-state index contributed by atoms with van der Waals surface area (Å²) in [4.78, 5) is 22.3. The van der Waals surface area contributed by atoms with Gasteiger partial charge in [0.25, 0.3) is 5.91 Å². The van der Waals surface area contributed by atoms with E-state index in [1.54, 1.807) is 6.07 Å². The van der Waals surface area contributed by atoms with Gasteiger partial charge in [0.05, 0.1) is 17.3 Å². The van der Waals surface area contributed by atoms with Crippen LogP contribution in [-0.2, 0) is 4.79 Å².